The number of hydrogen-bond donors (Lipinski definition) is 1. The van der Waals surface area contributed by atoms with Gasteiger partial charge in [0.15, 0.2) is 0 Å². The van der Waals surface area contributed by atoms with Crippen LogP contribution in [0.25, 0.3) is 0 Å². The van der Waals surface area contributed by atoms with E-state index in [2.05, 4.69) is 30.2 Å². The molecule has 4 rings (SSSR count). The van der Waals surface area contributed by atoms with E-state index in [0.29, 0.717) is 31.1 Å². The maximum Gasteiger partial charge on any atom is 0.274 e. The molecule has 1 N–H and O–H groups in total. The van der Waals surface area contributed by atoms with Gasteiger partial charge >= 0.3 is 0 Å². The molecule has 3 aromatic rings. The predicted molar refractivity (Wildman–Crippen MR) is 106 cm³/mol. The molecule has 142 valence electrons. The van der Waals surface area contributed by atoms with Gasteiger partial charge in [-0.1, -0.05) is 6.07 Å². The van der Waals surface area contributed by atoms with Crippen LogP contribution in [0.1, 0.15) is 16.1 Å². The summed E-state index contributed by atoms with van der Waals surface area (Å²) in [5.41, 5.74) is 1.46. The zero-order valence-electron chi connectivity index (χ0n) is 15.4. The molecule has 3 aromatic heterocycles. The first-order valence-corrected chi connectivity index (χ1v) is 9.20. The molecule has 1 aliphatic heterocycles. The van der Waals surface area contributed by atoms with Crippen LogP contribution in [0.2, 0.25) is 0 Å². The van der Waals surface area contributed by atoms with Gasteiger partial charge in [-0.3, -0.25) is 9.78 Å². The Labute approximate surface area is 163 Å². The molecule has 1 aliphatic rings. The second kappa shape index (κ2) is 8.43. The first kappa shape index (κ1) is 17.8. The number of pyridine rings is 2. The highest BCUT2D eigenvalue weighted by Gasteiger charge is 2.23. The zero-order valence-corrected chi connectivity index (χ0v) is 15.4. The maximum absolute atomic E-state index is 12.7. The van der Waals surface area contributed by atoms with Gasteiger partial charge in [0.05, 0.1) is 12.4 Å². The number of piperazine rings is 1. The normalized spacial score (nSPS) is 14.0. The lowest BCUT2D eigenvalue weighted by Gasteiger charge is -2.35. The van der Waals surface area contributed by atoms with Crippen LogP contribution in [0.3, 0.4) is 0 Å². The van der Waals surface area contributed by atoms with Crippen LogP contribution in [0.4, 0.5) is 11.6 Å². The van der Waals surface area contributed by atoms with E-state index in [0.717, 1.165) is 24.5 Å². The van der Waals surface area contributed by atoms with E-state index >= 15 is 0 Å². The second-order valence-corrected chi connectivity index (χ2v) is 6.46. The monoisotopic (exact) mass is 375 g/mol. The van der Waals surface area contributed by atoms with Crippen molar-refractivity contribution < 1.29 is 4.79 Å². The number of amides is 1. The number of carbonyl (C=O) groups excluding carboxylic acids is 1. The molecule has 4 heterocycles. The number of nitrogens with one attached hydrogen (secondary N) is 1. The van der Waals surface area contributed by atoms with Crippen molar-refractivity contribution in [3.63, 3.8) is 0 Å². The van der Waals surface area contributed by atoms with E-state index in [1.165, 1.54) is 6.20 Å². The molecule has 0 aliphatic carbocycles. The van der Waals surface area contributed by atoms with Gasteiger partial charge in [0.1, 0.15) is 17.3 Å². The highest BCUT2D eigenvalue weighted by atomic mass is 16.2. The third kappa shape index (κ3) is 4.22. The van der Waals surface area contributed by atoms with E-state index < -0.39 is 0 Å². The van der Waals surface area contributed by atoms with Gasteiger partial charge in [-0.05, 0) is 29.8 Å². The SMILES string of the molecule is O=C(c1cnc(NCc2ccncc2)cn1)N1CCN(c2ccccn2)CC1. The molecular formula is C20H21N7O. The van der Waals surface area contributed by atoms with Crippen LogP contribution in [0, 0.1) is 0 Å². The standard InChI is InChI=1S/C20H21N7O/c28-20(27-11-9-26(10-12-27)19-3-1-2-6-22-19)17-14-25-18(15-23-17)24-13-16-4-7-21-8-5-16/h1-8,14-15H,9-13H2,(H,24,25). The van der Waals surface area contributed by atoms with Crippen LogP contribution >= 0.6 is 0 Å². The van der Waals surface area contributed by atoms with Crippen molar-refractivity contribution in [3.05, 3.63) is 72.6 Å². The lowest BCUT2D eigenvalue weighted by Crippen LogP contribution is -2.49. The average molecular weight is 375 g/mol. The minimum Gasteiger partial charge on any atom is -0.365 e. The van der Waals surface area contributed by atoms with Crippen molar-refractivity contribution in [2.45, 2.75) is 6.54 Å². The lowest BCUT2D eigenvalue weighted by atomic mass is 10.2. The summed E-state index contributed by atoms with van der Waals surface area (Å²) >= 11 is 0. The van der Waals surface area contributed by atoms with Gasteiger partial charge in [-0.25, -0.2) is 15.0 Å². The van der Waals surface area contributed by atoms with E-state index in [-0.39, 0.29) is 5.91 Å². The number of carbonyl (C=O) groups is 1. The summed E-state index contributed by atoms with van der Waals surface area (Å²) in [6.07, 6.45) is 8.41. The lowest BCUT2D eigenvalue weighted by molar-refractivity contribution is 0.0740. The molecule has 0 radical (unpaired) electrons. The van der Waals surface area contributed by atoms with Gasteiger partial charge in [0, 0.05) is 51.3 Å². The molecule has 0 spiro atoms. The van der Waals surface area contributed by atoms with Crippen molar-refractivity contribution in [3.8, 4) is 0 Å². The molecule has 0 bridgehead atoms. The quantitative estimate of drug-likeness (QED) is 0.728. The number of aromatic nitrogens is 4. The summed E-state index contributed by atoms with van der Waals surface area (Å²) in [6.45, 7) is 3.40. The Morgan fingerprint density at radius 2 is 1.75 bits per heavy atom. The zero-order chi connectivity index (χ0) is 19.2. The van der Waals surface area contributed by atoms with E-state index in [1.54, 1.807) is 24.8 Å². The third-order valence-corrected chi connectivity index (χ3v) is 4.63. The number of anilines is 2. The number of rotatable bonds is 5. The minimum atomic E-state index is -0.0890. The summed E-state index contributed by atoms with van der Waals surface area (Å²) in [6, 6.07) is 9.73. The van der Waals surface area contributed by atoms with E-state index in [1.807, 2.05) is 35.2 Å². The first-order chi connectivity index (χ1) is 13.8. The van der Waals surface area contributed by atoms with Crippen LogP contribution < -0.4 is 10.2 Å². The van der Waals surface area contributed by atoms with Crippen LogP contribution in [-0.2, 0) is 6.54 Å². The maximum atomic E-state index is 12.7. The van der Waals surface area contributed by atoms with E-state index in [9.17, 15) is 4.79 Å². The van der Waals surface area contributed by atoms with Crippen molar-refractivity contribution in [2.75, 3.05) is 36.4 Å². The second-order valence-electron chi connectivity index (χ2n) is 6.46. The summed E-state index contributed by atoms with van der Waals surface area (Å²) in [4.78, 5) is 33.7. The third-order valence-electron chi connectivity index (χ3n) is 4.63. The fourth-order valence-electron chi connectivity index (χ4n) is 3.06. The van der Waals surface area contributed by atoms with Gasteiger partial charge in [0.2, 0.25) is 0 Å². The fraction of sp³-hybridized carbons (Fsp3) is 0.250. The van der Waals surface area contributed by atoms with Crippen molar-refractivity contribution in [1.29, 1.82) is 0 Å². The molecule has 8 nitrogen and oxygen atoms in total. The van der Waals surface area contributed by atoms with Crippen LogP contribution in [0.15, 0.2) is 61.3 Å². The van der Waals surface area contributed by atoms with Crippen molar-refractivity contribution in [1.82, 2.24) is 24.8 Å². The molecule has 28 heavy (non-hydrogen) atoms. The van der Waals surface area contributed by atoms with Crippen LogP contribution in [0.5, 0.6) is 0 Å². The summed E-state index contributed by atoms with van der Waals surface area (Å²) < 4.78 is 0. The molecule has 1 fully saturated rings. The molecule has 1 amide bonds. The fourth-order valence-corrected chi connectivity index (χ4v) is 3.06. The Kier molecular flexibility index (Phi) is 5.37. The highest BCUT2D eigenvalue weighted by molar-refractivity contribution is 5.92. The molecule has 0 unspecified atom stereocenters. The van der Waals surface area contributed by atoms with Gasteiger partial charge < -0.3 is 15.1 Å². The average Bonchev–Trinajstić information content (AvgIpc) is 2.79. The molecular weight excluding hydrogens is 354 g/mol. The molecule has 0 aromatic carbocycles. The minimum absolute atomic E-state index is 0.0890. The Morgan fingerprint density at radius 1 is 0.929 bits per heavy atom. The highest BCUT2D eigenvalue weighted by Crippen LogP contribution is 2.14. The van der Waals surface area contributed by atoms with Gasteiger partial charge in [-0.2, -0.15) is 0 Å². The first-order valence-electron chi connectivity index (χ1n) is 9.20. The number of hydrogen-bond acceptors (Lipinski definition) is 7. The topological polar surface area (TPSA) is 87.1 Å². The summed E-state index contributed by atoms with van der Waals surface area (Å²) in [7, 11) is 0. The molecule has 1 saturated heterocycles. The van der Waals surface area contributed by atoms with Gasteiger partial charge in [0.25, 0.3) is 5.91 Å². The Hall–Kier alpha value is -3.55. The Balaban J connectivity index is 1.31. The van der Waals surface area contributed by atoms with E-state index in [4.69, 9.17) is 0 Å². The summed E-state index contributed by atoms with van der Waals surface area (Å²) in [5, 5.41) is 3.19. The summed E-state index contributed by atoms with van der Waals surface area (Å²) in [5.74, 6) is 1.49. The smallest absolute Gasteiger partial charge is 0.274 e. The molecule has 0 atom stereocenters. The Bertz CT molecular complexity index is 895. The van der Waals surface area contributed by atoms with Crippen molar-refractivity contribution >= 4 is 17.5 Å². The largest absolute Gasteiger partial charge is 0.365 e. The molecule has 0 saturated carbocycles. The van der Waals surface area contributed by atoms with Crippen molar-refractivity contribution in [2.24, 2.45) is 0 Å². The van der Waals surface area contributed by atoms with Gasteiger partial charge in [-0.15, -0.1) is 0 Å². The number of nitrogens with zero attached hydrogens (tertiary/aromatic N) is 6. The molecule has 8 heteroatoms. The van der Waals surface area contributed by atoms with Crippen LogP contribution in [-0.4, -0.2) is 56.9 Å². The Morgan fingerprint density at radius 3 is 2.43 bits per heavy atom. The predicted octanol–water partition coefficient (Wildman–Crippen LogP) is 1.84.